The second kappa shape index (κ2) is 4.78. The average Bonchev–Trinajstić information content (AvgIpc) is 2.38. The van der Waals surface area contributed by atoms with Crippen molar-refractivity contribution in [1.29, 1.82) is 0 Å². The lowest BCUT2D eigenvalue weighted by atomic mass is 9.98. The highest BCUT2D eigenvalue weighted by molar-refractivity contribution is 5.66. The molecule has 0 aliphatic carbocycles. The predicted octanol–water partition coefficient (Wildman–Crippen LogP) is 3.23. The Kier molecular flexibility index (Phi) is 3.34. The lowest BCUT2D eigenvalue weighted by Crippen LogP contribution is -2.13. The maximum absolute atomic E-state index is 13.1. The summed E-state index contributed by atoms with van der Waals surface area (Å²) in [4.78, 5) is 3.96. The Balaban J connectivity index is 2.68. The van der Waals surface area contributed by atoms with Crippen molar-refractivity contribution in [2.45, 2.75) is 12.7 Å². The summed E-state index contributed by atoms with van der Waals surface area (Å²) in [6, 6.07) is 9.20. The van der Waals surface area contributed by atoms with E-state index in [2.05, 4.69) is 4.98 Å². The van der Waals surface area contributed by atoms with Gasteiger partial charge in [0.15, 0.2) is 0 Å². The maximum atomic E-state index is 13.1. The molecule has 0 spiro atoms. The van der Waals surface area contributed by atoms with E-state index in [4.69, 9.17) is 5.73 Å². The fourth-order valence-electron chi connectivity index (χ4n) is 1.84. The zero-order valence-electron chi connectivity index (χ0n) is 9.41. The summed E-state index contributed by atoms with van der Waals surface area (Å²) in [6.45, 7) is -0.157. The molecule has 0 amide bonds. The highest BCUT2D eigenvalue weighted by Crippen LogP contribution is 2.38. The third-order valence-electron chi connectivity index (χ3n) is 2.59. The highest BCUT2D eigenvalue weighted by Gasteiger charge is 2.36. The van der Waals surface area contributed by atoms with Gasteiger partial charge in [0, 0.05) is 18.3 Å². The van der Waals surface area contributed by atoms with Crippen LogP contribution in [0.2, 0.25) is 0 Å². The fraction of sp³-hybridized carbons (Fsp3) is 0.154. The minimum atomic E-state index is -4.44. The number of alkyl halides is 3. The quantitative estimate of drug-likeness (QED) is 0.891. The van der Waals surface area contributed by atoms with Crippen LogP contribution in [0.1, 0.15) is 11.1 Å². The first-order chi connectivity index (χ1) is 8.54. The Morgan fingerprint density at radius 1 is 1.06 bits per heavy atom. The largest absolute Gasteiger partial charge is 0.417 e. The Bertz CT molecular complexity index is 536. The van der Waals surface area contributed by atoms with Crippen molar-refractivity contribution in [3.05, 3.63) is 53.7 Å². The van der Waals surface area contributed by atoms with Crippen LogP contribution in [0.15, 0.2) is 42.6 Å². The van der Waals surface area contributed by atoms with E-state index in [1.54, 1.807) is 24.3 Å². The molecule has 1 heterocycles. The molecule has 0 unspecified atom stereocenters. The van der Waals surface area contributed by atoms with Crippen molar-refractivity contribution in [3.63, 3.8) is 0 Å². The molecule has 2 nitrogen and oxygen atoms in total. The lowest BCUT2D eigenvalue weighted by Gasteiger charge is -2.16. The fourth-order valence-corrected chi connectivity index (χ4v) is 1.84. The van der Waals surface area contributed by atoms with Gasteiger partial charge in [0.05, 0.1) is 11.3 Å². The van der Waals surface area contributed by atoms with E-state index in [-0.39, 0.29) is 17.7 Å². The molecule has 0 saturated heterocycles. The standard InChI is InChI=1S/C13H11F3N2/c14-13(15,16)12-9(8-17)4-3-5-10(12)11-6-1-2-7-18-11/h1-7H,8,17H2. The van der Waals surface area contributed by atoms with E-state index in [9.17, 15) is 13.2 Å². The van der Waals surface area contributed by atoms with Crippen molar-refractivity contribution in [2.75, 3.05) is 0 Å². The maximum Gasteiger partial charge on any atom is 0.417 e. The van der Waals surface area contributed by atoms with Gasteiger partial charge in [-0.15, -0.1) is 0 Å². The van der Waals surface area contributed by atoms with E-state index in [0.717, 1.165) is 0 Å². The number of benzene rings is 1. The highest BCUT2D eigenvalue weighted by atomic mass is 19.4. The van der Waals surface area contributed by atoms with E-state index >= 15 is 0 Å². The molecule has 0 saturated carbocycles. The molecule has 0 bridgehead atoms. The summed E-state index contributed by atoms with van der Waals surface area (Å²) in [5.74, 6) is 0. The summed E-state index contributed by atoms with van der Waals surface area (Å²) < 4.78 is 39.3. The Labute approximate surface area is 102 Å². The van der Waals surface area contributed by atoms with Gasteiger partial charge in [0.1, 0.15) is 0 Å². The third kappa shape index (κ3) is 2.36. The van der Waals surface area contributed by atoms with Crippen molar-refractivity contribution in [3.8, 4) is 11.3 Å². The van der Waals surface area contributed by atoms with Gasteiger partial charge in [-0.05, 0) is 17.7 Å². The Morgan fingerprint density at radius 2 is 1.83 bits per heavy atom. The Morgan fingerprint density at radius 3 is 2.39 bits per heavy atom. The van der Waals surface area contributed by atoms with Gasteiger partial charge in [-0.1, -0.05) is 24.3 Å². The number of rotatable bonds is 2. The number of aromatic nitrogens is 1. The molecule has 94 valence electrons. The van der Waals surface area contributed by atoms with E-state index in [1.165, 1.54) is 18.3 Å². The molecule has 2 N–H and O–H groups in total. The molecule has 1 aromatic heterocycles. The minimum absolute atomic E-state index is 0.0612. The number of nitrogens with two attached hydrogens (primary N) is 1. The van der Waals surface area contributed by atoms with Gasteiger partial charge < -0.3 is 5.73 Å². The van der Waals surface area contributed by atoms with E-state index in [1.807, 2.05) is 0 Å². The molecule has 0 radical (unpaired) electrons. The zero-order valence-corrected chi connectivity index (χ0v) is 9.41. The molecule has 18 heavy (non-hydrogen) atoms. The summed E-state index contributed by atoms with van der Waals surface area (Å²) in [7, 11) is 0. The van der Waals surface area contributed by atoms with Gasteiger partial charge in [0.25, 0.3) is 0 Å². The summed E-state index contributed by atoms with van der Waals surface area (Å²) in [5, 5.41) is 0. The number of pyridine rings is 1. The molecule has 2 aromatic rings. The molecular formula is C13H11F3N2. The van der Waals surface area contributed by atoms with Gasteiger partial charge in [-0.25, -0.2) is 0 Å². The minimum Gasteiger partial charge on any atom is -0.326 e. The number of hydrogen-bond donors (Lipinski definition) is 1. The number of halogens is 3. The third-order valence-corrected chi connectivity index (χ3v) is 2.59. The van der Waals surface area contributed by atoms with Crippen LogP contribution >= 0.6 is 0 Å². The van der Waals surface area contributed by atoms with Crippen LogP contribution in [0.3, 0.4) is 0 Å². The van der Waals surface area contributed by atoms with Crippen LogP contribution in [0.25, 0.3) is 11.3 Å². The van der Waals surface area contributed by atoms with E-state index in [0.29, 0.717) is 5.69 Å². The van der Waals surface area contributed by atoms with Gasteiger partial charge in [0.2, 0.25) is 0 Å². The Hall–Kier alpha value is -1.88. The second-order valence-electron chi connectivity index (χ2n) is 3.76. The summed E-state index contributed by atoms with van der Waals surface area (Å²) >= 11 is 0. The van der Waals surface area contributed by atoms with E-state index < -0.39 is 11.7 Å². The molecule has 0 aliphatic rings. The average molecular weight is 252 g/mol. The summed E-state index contributed by atoms with van der Waals surface area (Å²) in [6.07, 6.45) is -2.98. The summed E-state index contributed by atoms with van der Waals surface area (Å²) in [5.41, 5.74) is 5.10. The van der Waals surface area contributed by atoms with Gasteiger partial charge in [-0.2, -0.15) is 13.2 Å². The van der Waals surface area contributed by atoms with Gasteiger partial charge >= 0.3 is 6.18 Å². The molecule has 0 aliphatic heterocycles. The van der Waals surface area contributed by atoms with Crippen LogP contribution in [0.4, 0.5) is 13.2 Å². The van der Waals surface area contributed by atoms with Crippen LogP contribution in [0.5, 0.6) is 0 Å². The van der Waals surface area contributed by atoms with Crippen molar-refractivity contribution < 1.29 is 13.2 Å². The normalized spacial score (nSPS) is 11.6. The molecule has 0 atom stereocenters. The number of nitrogens with zero attached hydrogens (tertiary/aromatic N) is 1. The van der Waals surface area contributed by atoms with Gasteiger partial charge in [-0.3, -0.25) is 4.98 Å². The van der Waals surface area contributed by atoms with Crippen molar-refractivity contribution >= 4 is 0 Å². The van der Waals surface area contributed by atoms with Crippen molar-refractivity contribution in [2.24, 2.45) is 5.73 Å². The number of hydrogen-bond acceptors (Lipinski definition) is 2. The first-order valence-electron chi connectivity index (χ1n) is 5.34. The van der Waals surface area contributed by atoms with Crippen LogP contribution in [-0.4, -0.2) is 4.98 Å². The molecule has 0 fully saturated rings. The topological polar surface area (TPSA) is 38.9 Å². The lowest BCUT2D eigenvalue weighted by molar-refractivity contribution is -0.137. The molecular weight excluding hydrogens is 241 g/mol. The first-order valence-corrected chi connectivity index (χ1v) is 5.34. The first kappa shape index (κ1) is 12.6. The molecule has 2 rings (SSSR count). The molecule has 5 heteroatoms. The SMILES string of the molecule is NCc1cccc(-c2ccccn2)c1C(F)(F)F. The monoisotopic (exact) mass is 252 g/mol. The van der Waals surface area contributed by atoms with Crippen LogP contribution in [0, 0.1) is 0 Å². The van der Waals surface area contributed by atoms with Crippen molar-refractivity contribution in [1.82, 2.24) is 4.98 Å². The zero-order chi connectivity index (χ0) is 13.2. The van der Waals surface area contributed by atoms with Crippen LogP contribution in [-0.2, 0) is 12.7 Å². The van der Waals surface area contributed by atoms with Crippen LogP contribution < -0.4 is 5.73 Å². The second-order valence-corrected chi connectivity index (χ2v) is 3.76. The smallest absolute Gasteiger partial charge is 0.326 e. The molecule has 1 aromatic carbocycles. The predicted molar refractivity (Wildman–Crippen MR) is 62.6 cm³/mol.